The molecule has 25 heavy (non-hydrogen) atoms. The van der Waals surface area contributed by atoms with Crippen LogP contribution in [0.15, 0.2) is 24.3 Å². The smallest absolute Gasteiger partial charge is 0.238 e. The highest BCUT2D eigenvalue weighted by Gasteiger charge is 2.31. The first kappa shape index (κ1) is 17.5. The molecular formula is C15H20N6O3S. The molecule has 0 spiro atoms. The van der Waals surface area contributed by atoms with Crippen molar-refractivity contribution in [3.8, 4) is 5.69 Å². The summed E-state index contributed by atoms with van der Waals surface area (Å²) in [5.41, 5.74) is 1.38. The summed E-state index contributed by atoms with van der Waals surface area (Å²) < 4.78 is 24.7. The lowest BCUT2D eigenvalue weighted by atomic mass is 10.2. The van der Waals surface area contributed by atoms with E-state index in [4.69, 9.17) is 0 Å². The molecule has 2 aromatic rings. The molecule has 1 fully saturated rings. The first-order valence-electron chi connectivity index (χ1n) is 7.90. The predicted molar refractivity (Wildman–Crippen MR) is 92.2 cm³/mol. The molecule has 0 unspecified atom stereocenters. The van der Waals surface area contributed by atoms with Crippen molar-refractivity contribution < 1.29 is 13.2 Å². The van der Waals surface area contributed by atoms with Crippen LogP contribution in [0.2, 0.25) is 0 Å². The van der Waals surface area contributed by atoms with Gasteiger partial charge in [-0.2, -0.15) is 4.68 Å². The number of carbonyl (C=O) groups excluding carboxylic acids is 1. The molecule has 3 rings (SSSR count). The van der Waals surface area contributed by atoms with E-state index < -0.39 is 9.84 Å². The number of aromatic nitrogens is 4. The van der Waals surface area contributed by atoms with Crippen molar-refractivity contribution in [2.24, 2.45) is 0 Å². The van der Waals surface area contributed by atoms with Gasteiger partial charge in [-0.1, -0.05) is 6.07 Å². The highest BCUT2D eigenvalue weighted by Crippen LogP contribution is 2.17. The highest BCUT2D eigenvalue weighted by atomic mass is 32.2. The van der Waals surface area contributed by atoms with Crippen LogP contribution in [-0.4, -0.2) is 70.6 Å². The van der Waals surface area contributed by atoms with Crippen LogP contribution < -0.4 is 5.32 Å². The van der Waals surface area contributed by atoms with E-state index in [1.807, 2.05) is 6.07 Å². The van der Waals surface area contributed by atoms with Gasteiger partial charge in [0.25, 0.3) is 0 Å². The van der Waals surface area contributed by atoms with Gasteiger partial charge >= 0.3 is 0 Å². The Morgan fingerprint density at radius 2 is 2.24 bits per heavy atom. The number of likely N-dealkylation sites (N-methyl/N-ethyl adjacent to an activating group) is 1. The zero-order valence-electron chi connectivity index (χ0n) is 14.1. The van der Waals surface area contributed by atoms with Crippen molar-refractivity contribution in [3.05, 3.63) is 30.1 Å². The van der Waals surface area contributed by atoms with Gasteiger partial charge < -0.3 is 5.32 Å². The van der Waals surface area contributed by atoms with Crippen molar-refractivity contribution in [1.29, 1.82) is 0 Å². The van der Waals surface area contributed by atoms with Crippen molar-refractivity contribution in [2.45, 2.75) is 19.4 Å². The van der Waals surface area contributed by atoms with E-state index in [-0.39, 0.29) is 30.0 Å². The number of amides is 1. The monoisotopic (exact) mass is 364 g/mol. The molecule has 9 nitrogen and oxygen atoms in total. The molecule has 2 heterocycles. The third kappa shape index (κ3) is 4.20. The summed E-state index contributed by atoms with van der Waals surface area (Å²) in [5, 5.41) is 14.2. The molecule has 10 heteroatoms. The van der Waals surface area contributed by atoms with Crippen LogP contribution >= 0.6 is 0 Å². The molecule has 0 aliphatic carbocycles. The molecule has 0 saturated carbocycles. The number of hydrogen-bond acceptors (Lipinski definition) is 7. The van der Waals surface area contributed by atoms with E-state index in [2.05, 4.69) is 20.8 Å². The Morgan fingerprint density at radius 3 is 2.88 bits per heavy atom. The van der Waals surface area contributed by atoms with Crippen molar-refractivity contribution in [2.75, 3.05) is 30.4 Å². The molecule has 1 aliphatic rings. The number of rotatable bonds is 5. The Hall–Kier alpha value is -2.33. The van der Waals surface area contributed by atoms with Crippen LogP contribution in [0.4, 0.5) is 5.69 Å². The Labute approximate surface area is 145 Å². The van der Waals surface area contributed by atoms with Gasteiger partial charge in [-0.15, -0.1) is 5.10 Å². The summed E-state index contributed by atoms with van der Waals surface area (Å²) in [6.45, 7) is 1.92. The van der Waals surface area contributed by atoms with E-state index in [9.17, 15) is 13.2 Å². The summed E-state index contributed by atoms with van der Waals surface area (Å²) in [5.74, 6) is 0.755. The highest BCUT2D eigenvalue weighted by molar-refractivity contribution is 7.91. The SMILES string of the molecule is Cc1nnnn1-c1cccc(NC(=O)CN(C)[C@@H]2CCS(=O)(=O)C2)c1. The zero-order chi connectivity index (χ0) is 18.0. The van der Waals surface area contributed by atoms with Crippen LogP contribution in [0, 0.1) is 6.92 Å². The normalized spacial score (nSPS) is 19.2. The lowest BCUT2D eigenvalue weighted by Crippen LogP contribution is -2.38. The molecule has 1 atom stereocenters. The standard InChI is InChI=1S/C15H20N6O3S/c1-11-17-18-19-21(11)13-5-3-4-12(8-13)16-15(22)9-20(2)14-6-7-25(23,24)10-14/h3-5,8,14H,6-7,9-10H2,1-2H3,(H,16,22)/t14-/m1/s1. The number of nitrogens with one attached hydrogen (secondary N) is 1. The maximum atomic E-state index is 12.3. The van der Waals surface area contributed by atoms with E-state index in [0.717, 1.165) is 5.69 Å². The maximum absolute atomic E-state index is 12.3. The van der Waals surface area contributed by atoms with Crippen LogP contribution in [-0.2, 0) is 14.6 Å². The zero-order valence-corrected chi connectivity index (χ0v) is 14.9. The van der Waals surface area contributed by atoms with Gasteiger partial charge in [0.1, 0.15) is 0 Å². The van der Waals surface area contributed by atoms with Gasteiger partial charge in [0.05, 0.1) is 23.7 Å². The molecule has 1 saturated heterocycles. The molecule has 1 amide bonds. The van der Waals surface area contributed by atoms with Gasteiger partial charge in [-0.05, 0) is 49.0 Å². The number of anilines is 1. The lowest BCUT2D eigenvalue weighted by Gasteiger charge is -2.22. The molecule has 0 bridgehead atoms. The summed E-state index contributed by atoms with van der Waals surface area (Å²) >= 11 is 0. The Morgan fingerprint density at radius 1 is 1.44 bits per heavy atom. The van der Waals surface area contributed by atoms with Crippen molar-refractivity contribution in [3.63, 3.8) is 0 Å². The minimum Gasteiger partial charge on any atom is -0.325 e. The number of nitrogens with zero attached hydrogens (tertiary/aromatic N) is 5. The van der Waals surface area contributed by atoms with Crippen LogP contribution in [0.3, 0.4) is 0 Å². The largest absolute Gasteiger partial charge is 0.325 e. The third-order valence-corrected chi connectivity index (χ3v) is 5.97. The molecule has 1 N–H and O–H groups in total. The topological polar surface area (TPSA) is 110 Å². The Balaban J connectivity index is 1.63. The quantitative estimate of drug-likeness (QED) is 0.797. The molecule has 134 valence electrons. The fourth-order valence-electron chi connectivity index (χ4n) is 2.86. The van der Waals surface area contributed by atoms with E-state index in [0.29, 0.717) is 17.9 Å². The minimum atomic E-state index is -2.96. The van der Waals surface area contributed by atoms with Gasteiger partial charge in [-0.25, -0.2) is 8.42 Å². The number of carbonyl (C=O) groups is 1. The summed E-state index contributed by atoms with van der Waals surface area (Å²) in [6.07, 6.45) is 0.570. The second kappa shape index (κ2) is 6.89. The minimum absolute atomic E-state index is 0.106. The number of sulfone groups is 1. The molecule has 1 aromatic carbocycles. The number of hydrogen-bond donors (Lipinski definition) is 1. The second-order valence-corrected chi connectivity index (χ2v) is 8.44. The summed E-state index contributed by atoms with van der Waals surface area (Å²) in [4.78, 5) is 14.0. The van der Waals surface area contributed by atoms with E-state index in [1.54, 1.807) is 41.8 Å². The van der Waals surface area contributed by atoms with Crippen molar-refractivity contribution in [1.82, 2.24) is 25.1 Å². The molecular weight excluding hydrogens is 344 g/mol. The van der Waals surface area contributed by atoms with Crippen molar-refractivity contribution >= 4 is 21.4 Å². The number of benzene rings is 1. The van der Waals surface area contributed by atoms with Gasteiger partial charge in [0, 0.05) is 11.7 Å². The van der Waals surface area contributed by atoms with Crippen LogP contribution in [0.1, 0.15) is 12.2 Å². The predicted octanol–water partition coefficient (Wildman–Crippen LogP) is 0.0281. The molecule has 0 radical (unpaired) electrons. The lowest BCUT2D eigenvalue weighted by molar-refractivity contribution is -0.117. The average molecular weight is 364 g/mol. The summed E-state index contributed by atoms with van der Waals surface area (Å²) in [6, 6.07) is 7.10. The summed E-state index contributed by atoms with van der Waals surface area (Å²) in [7, 11) is -1.20. The van der Waals surface area contributed by atoms with Gasteiger partial charge in [0.2, 0.25) is 5.91 Å². The Bertz CT molecular complexity index is 879. The first-order valence-corrected chi connectivity index (χ1v) is 9.72. The van der Waals surface area contributed by atoms with Crippen LogP contribution in [0.25, 0.3) is 5.69 Å². The van der Waals surface area contributed by atoms with Gasteiger partial charge in [0.15, 0.2) is 15.7 Å². The Kier molecular flexibility index (Phi) is 4.82. The number of aryl methyl sites for hydroxylation is 1. The van der Waals surface area contributed by atoms with Gasteiger partial charge in [-0.3, -0.25) is 9.69 Å². The molecule has 1 aromatic heterocycles. The third-order valence-electron chi connectivity index (χ3n) is 4.22. The average Bonchev–Trinajstić information content (AvgIpc) is 3.12. The fourth-order valence-corrected chi connectivity index (χ4v) is 4.67. The number of tetrazole rings is 1. The van der Waals surface area contributed by atoms with E-state index >= 15 is 0 Å². The van der Waals surface area contributed by atoms with E-state index in [1.165, 1.54) is 0 Å². The maximum Gasteiger partial charge on any atom is 0.238 e. The van der Waals surface area contributed by atoms with Crippen LogP contribution in [0.5, 0.6) is 0 Å². The first-order chi connectivity index (χ1) is 11.8. The fraction of sp³-hybridized carbons (Fsp3) is 0.467. The molecule has 1 aliphatic heterocycles. The second-order valence-electron chi connectivity index (χ2n) is 6.21.